The lowest BCUT2D eigenvalue weighted by molar-refractivity contribution is -0.145. The summed E-state index contributed by atoms with van der Waals surface area (Å²) in [6, 6.07) is -4.50. The van der Waals surface area contributed by atoms with Crippen LogP contribution in [0.25, 0.3) is 22.3 Å². The maximum Gasteiger partial charge on any atom is 0.386 e. The molecule has 42 heteroatoms. The van der Waals surface area contributed by atoms with Crippen molar-refractivity contribution < 1.29 is 72.1 Å². The molecule has 14 atom stereocenters. The molecule has 0 aromatic carbocycles. The summed E-state index contributed by atoms with van der Waals surface area (Å²) in [5.41, 5.74) is 1.82. The van der Waals surface area contributed by atoms with Crippen LogP contribution in [0.3, 0.4) is 0 Å². The van der Waals surface area contributed by atoms with Gasteiger partial charge in [0.15, 0.2) is 41.0 Å². The van der Waals surface area contributed by atoms with Gasteiger partial charge in [-0.3, -0.25) is 52.1 Å². The lowest BCUT2D eigenvalue weighted by Gasteiger charge is -2.37. The van der Waals surface area contributed by atoms with Crippen LogP contribution in [-0.4, -0.2) is 202 Å². The van der Waals surface area contributed by atoms with E-state index in [4.69, 9.17) is 55.6 Å². The van der Waals surface area contributed by atoms with Gasteiger partial charge in [0.25, 0.3) is 16.7 Å². The molecule has 35 nitrogen and oxygen atoms in total. The second-order valence-corrected chi connectivity index (χ2v) is 31.5. The van der Waals surface area contributed by atoms with Gasteiger partial charge < -0.3 is 44.7 Å². The maximum absolute atomic E-state index is 14.8. The Morgan fingerprint density at radius 2 is 1.16 bits per heavy atom. The number of nitrogens with one attached hydrogen (secondary N) is 3. The molecule has 0 radical (unpaired) electrons. The minimum Gasteiger partial charge on any atom is -0.388 e. The molecule has 5 unspecified atom stereocenters. The fourth-order valence-corrected chi connectivity index (χ4v) is 17.7. The average molecular weight is 1250 g/mol. The quantitative estimate of drug-likeness (QED) is 0.0323. The largest absolute Gasteiger partial charge is 0.388 e. The predicted octanol–water partition coefficient (Wildman–Crippen LogP) is -4.16. The zero-order valence-corrected chi connectivity index (χ0v) is 47.5. The highest BCUT2D eigenvalue weighted by Gasteiger charge is 2.72. The molecule has 0 aliphatic carbocycles. The van der Waals surface area contributed by atoms with Crippen molar-refractivity contribution in [1.82, 2.24) is 61.5 Å². The van der Waals surface area contributed by atoms with E-state index >= 15 is 0 Å². The smallest absolute Gasteiger partial charge is 0.386 e. The predicted molar refractivity (Wildman–Crippen MR) is 277 cm³/mol. The van der Waals surface area contributed by atoms with Gasteiger partial charge in [-0.25, -0.2) is 44.6 Å². The number of aromatic amines is 3. The molecular formula is C37H49N15O20P2S5. The topological polar surface area (TPSA) is 468 Å². The Balaban J connectivity index is 0.935. The Labute approximate surface area is 454 Å². The Bertz CT molecular complexity index is 4100. The first-order valence-corrected chi connectivity index (χ1v) is 34.2. The molecule has 6 bridgehead atoms. The lowest BCUT2D eigenvalue weighted by atomic mass is 9.96. The number of aliphatic hydroxyl groups is 1. The molecule has 0 amide bonds. The SMILES string of the molecule is CC[C@@]12CN(S(C)(=O)=O)C([C@H](n3cnc4c(=O)[nH]c(N)nc43)O1)[C@H]2OP(O)(=S)OC[C@@]12CN(S(C)(=O)=O)C([C@H](n3cnc4c(=O)[nH]c(N)nc43)O1)[C@H]2OP(=O)(S)OC[C@@]12CN(S(C)(=O)=O)C([C@H](n3cc(C)c(=O)[nH]c3=O)O1)[C@H]2O. The number of nitrogens with two attached hydrogens (primary N) is 2. The number of aliphatic hydroxyl groups excluding tert-OH is 1. The average Bonchev–Trinajstić information content (AvgIpc) is 4.44. The van der Waals surface area contributed by atoms with E-state index in [1.54, 1.807) is 6.92 Å². The van der Waals surface area contributed by atoms with E-state index in [9.17, 15) is 59.0 Å². The minimum atomic E-state index is -5.03. The van der Waals surface area contributed by atoms with Crippen molar-refractivity contribution in [2.45, 2.75) is 92.2 Å². The summed E-state index contributed by atoms with van der Waals surface area (Å²) in [6.07, 6.45) is -3.68. The number of nitrogens with zero attached hydrogens (tertiary/aromatic N) is 10. The first-order valence-electron chi connectivity index (χ1n) is 23.3. The van der Waals surface area contributed by atoms with Gasteiger partial charge in [-0.15, -0.1) is 0 Å². The number of nitrogen functional groups attached to an aromatic ring is 2. The van der Waals surface area contributed by atoms with E-state index in [1.807, 2.05) is 0 Å². The van der Waals surface area contributed by atoms with Crippen LogP contribution < -0.4 is 33.8 Å². The molecule has 11 heterocycles. The molecule has 0 spiro atoms. The number of aryl methyl sites for hydroxylation is 1. The number of aromatic nitrogens is 10. The number of thiol groups is 1. The van der Waals surface area contributed by atoms with Gasteiger partial charge in [0.2, 0.25) is 42.0 Å². The van der Waals surface area contributed by atoms with E-state index in [0.29, 0.717) is 0 Å². The highest BCUT2D eigenvalue weighted by atomic mass is 32.7. The van der Waals surface area contributed by atoms with E-state index < -0.39 is 164 Å². The van der Waals surface area contributed by atoms with E-state index in [1.165, 1.54) is 17.8 Å². The number of fused-ring (bicyclic) bond motifs is 8. The Kier molecular flexibility index (Phi) is 13.2. The zero-order chi connectivity index (χ0) is 57.3. The van der Waals surface area contributed by atoms with Crippen LogP contribution in [-0.2, 0) is 78.7 Å². The summed E-state index contributed by atoms with van der Waals surface area (Å²) in [4.78, 5) is 86.5. The standard InChI is InChI=1S/C37H49N15O20P2S5/c1-6-35-8-51(78(4,62)63)19(30(68-35)48-13-40-16-24(48)42-32(38)44-27(16)55)22(35)71-74(59,76)67-12-37-10-52(79(5,64)65)20(31(70-37)49-14-41-17-25(49)43-33(39)45-28(17)56)23(37)72-73(58,75)66-11-36-9-50(77(3,60)61)18(21(36)53)29(69-36)47-7-15(2)26(54)46-34(47)57/h7,13-14,18-23,29-31,53H,6,8-12H2,1-5H3,(H,58,75)(H,59,76)(H,46,54,57)(H3,38,42,44,55)(H3,39,43,45,56)/t18?,19?,20?,21-,22-,23-,29-,30-,31-,35+,36-,37-,73?,74?/m1/s1. The fraction of sp³-hybridized carbons (Fsp3) is 0.622. The maximum atomic E-state index is 14.8. The van der Waals surface area contributed by atoms with Crippen molar-refractivity contribution in [2.75, 3.05) is 63.1 Å². The third-order valence-corrected chi connectivity index (χ3v) is 21.7. The first kappa shape index (κ1) is 56.4. The van der Waals surface area contributed by atoms with Crippen LogP contribution in [0.4, 0.5) is 11.9 Å². The number of H-pyrrole nitrogens is 3. The van der Waals surface area contributed by atoms with Crippen LogP contribution in [0.2, 0.25) is 0 Å². The number of anilines is 2. The molecule has 5 aromatic heterocycles. The van der Waals surface area contributed by atoms with Gasteiger partial charge in [0.1, 0.15) is 41.2 Å². The van der Waals surface area contributed by atoms with Crippen molar-refractivity contribution in [3.05, 3.63) is 66.0 Å². The van der Waals surface area contributed by atoms with Crippen molar-refractivity contribution in [1.29, 1.82) is 0 Å². The fourth-order valence-electron chi connectivity index (χ4n) is 11.4. The van der Waals surface area contributed by atoms with Gasteiger partial charge in [-0.1, -0.05) is 19.2 Å². The molecule has 6 aliphatic heterocycles. The van der Waals surface area contributed by atoms with Gasteiger partial charge in [-0.2, -0.15) is 22.9 Å². The monoisotopic (exact) mass is 1250 g/mol. The molecule has 79 heavy (non-hydrogen) atoms. The van der Waals surface area contributed by atoms with Crippen LogP contribution >= 0.6 is 25.8 Å². The number of hydrogen-bond donors (Lipinski definition) is 8. The molecule has 6 saturated heterocycles. The number of imidazole rings is 2. The highest BCUT2D eigenvalue weighted by molar-refractivity contribution is 8.44. The van der Waals surface area contributed by atoms with Gasteiger partial charge in [0.05, 0.1) is 56.7 Å². The summed E-state index contributed by atoms with van der Waals surface area (Å²) in [7, 11) is -12.7. The lowest BCUT2D eigenvalue weighted by Crippen LogP contribution is -2.51. The zero-order valence-electron chi connectivity index (χ0n) is 41.5. The third-order valence-electron chi connectivity index (χ3n) is 14.9. The van der Waals surface area contributed by atoms with Gasteiger partial charge >= 0.3 is 19.2 Å². The number of rotatable bonds is 17. The van der Waals surface area contributed by atoms with Crippen molar-refractivity contribution in [3.8, 4) is 0 Å². The molecule has 6 fully saturated rings. The normalized spacial score (nSPS) is 33.6. The number of hydrogen-bond acceptors (Lipinski definition) is 26. The summed E-state index contributed by atoms with van der Waals surface area (Å²) in [5.74, 6) is -0.679. The second-order valence-electron chi connectivity index (χ2n) is 20.0. The van der Waals surface area contributed by atoms with Crippen molar-refractivity contribution in [2.24, 2.45) is 0 Å². The minimum absolute atomic E-state index is 0.0237. The Morgan fingerprint density at radius 3 is 1.68 bits per heavy atom. The third kappa shape index (κ3) is 9.19. The molecule has 9 N–H and O–H groups in total. The molecule has 5 aromatic rings. The number of ether oxygens (including phenoxy) is 3. The van der Waals surface area contributed by atoms with Crippen molar-refractivity contribution in [3.63, 3.8) is 0 Å². The van der Waals surface area contributed by atoms with E-state index in [-0.39, 0.29) is 52.8 Å². The van der Waals surface area contributed by atoms with Gasteiger partial charge in [-0.05, 0) is 25.2 Å². The van der Waals surface area contributed by atoms with E-state index in [2.05, 4.69) is 47.1 Å². The van der Waals surface area contributed by atoms with Gasteiger partial charge in [0, 0.05) is 31.4 Å². The summed E-state index contributed by atoms with van der Waals surface area (Å²) >= 11 is 9.87. The number of morpholine rings is 3. The molecular weight excluding hydrogens is 1200 g/mol. The Morgan fingerprint density at radius 1 is 0.722 bits per heavy atom. The summed E-state index contributed by atoms with van der Waals surface area (Å²) in [5, 5.41) is 11.7. The first-order chi connectivity index (χ1) is 36.6. The van der Waals surface area contributed by atoms with Crippen LogP contribution in [0, 0.1) is 6.92 Å². The molecule has 6 aliphatic rings. The van der Waals surface area contributed by atoms with Crippen LogP contribution in [0.1, 0.15) is 37.6 Å². The second kappa shape index (κ2) is 18.5. The molecule has 432 valence electrons. The molecule has 11 rings (SSSR count). The van der Waals surface area contributed by atoms with Crippen molar-refractivity contribution >= 4 is 102 Å². The van der Waals surface area contributed by atoms with E-state index in [0.717, 1.165) is 53.3 Å². The van der Waals surface area contributed by atoms with Crippen LogP contribution in [0.15, 0.2) is 38.0 Å². The highest BCUT2D eigenvalue weighted by Crippen LogP contribution is 2.63. The van der Waals surface area contributed by atoms with Crippen LogP contribution in [0.5, 0.6) is 0 Å². The number of sulfonamides is 3. The summed E-state index contributed by atoms with van der Waals surface area (Å²) in [6.45, 7) is -10.4. The molecule has 0 saturated carbocycles. The Hall–Kier alpha value is -4.42. The summed E-state index contributed by atoms with van der Waals surface area (Å²) < 4.78 is 145.